The molecule has 0 radical (unpaired) electrons. The summed E-state index contributed by atoms with van der Waals surface area (Å²) in [7, 11) is 0. The van der Waals surface area contributed by atoms with Crippen LogP contribution in [0, 0.1) is 0 Å². The van der Waals surface area contributed by atoms with Crippen LogP contribution in [0.1, 0.15) is 16.9 Å². The largest absolute Gasteiger partial charge is 0.338 e. The molecule has 1 aliphatic heterocycles. The highest BCUT2D eigenvalue weighted by atomic mass is 35.5. The van der Waals surface area contributed by atoms with Crippen molar-refractivity contribution in [1.29, 1.82) is 0 Å². The van der Waals surface area contributed by atoms with Gasteiger partial charge in [-0.2, -0.15) is 0 Å². The highest BCUT2D eigenvalue weighted by Crippen LogP contribution is 2.31. The summed E-state index contributed by atoms with van der Waals surface area (Å²) in [5, 5.41) is 0. The van der Waals surface area contributed by atoms with E-state index in [1.54, 1.807) is 23.1 Å². The molecule has 0 N–H and O–H groups in total. The number of hydrogen-bond donors (Lipinski definition) is 0. The smallest absolute Gasteiger partial charge is 0.223 e. The van der Waals surface area contributed by atoms with Crippen molar-refractivity contribution in [2.45, 2.75) is 24.3 Å². The van der Waals surface area contributed by atoms with Crippen LogP contribution in [0.25, 0.3) is 0 Å². The fourth-order valence-electron chi connectivity index (χ4n) is 2.44. The molecule has 1 amide bonds. The third kappa shape index (κ3) is 3.82. The van der Waals surface area contributed by atoms with Crippen LogP contribution >= 0.6 is 34.7 Å². The van der Waals surface area contributed by atoms with Crippen LogP contribution < -0.4 is 0 Å². The first kappa shape index (κ1) is 14.9. The van der Waals surface area contributed by atoms with Gasteiger partial charge in [-0.05, 0) is 30.2 Å². The number of hydrogen-bond acceptors (Lipinski definition) is 3. The lowest BCUT2D eigenvalue weighted by Crippen LogP contribution is -2.35. The molecule has 0 atom stereocenters. The molecule has 2 nitrogen and oxygen atoms in total. The van der Waals surface area contributed by atoms with Crippen LogP contribution in [0.15, 0.2) is 41.3 Å². The molecule has 1 aromatic heterocycles. The van der Waals surface area contributed by atoms with E-state index < -0.39 is 0 Å². The number of thioether (sulfide) groups is 1. The highest BCUT2D eigenvalue weighted by molar-refractivity contribution is 7.99. The molecule has 0 aliphatic carbocycles. The average molecular weight is 338 g/mol. The van der Waals surface area contributed by atoms with Gasteiger partial charge < -0.3 is 4.90 Å². The summed E-state index contributed by atoms with van der Waals surface area (Å²) in [6.45, 7) is 1.53. The number of rotatable bonds is 4. The van der Waals surface area contributed by atoms with E-state index in [4.69, 9.17) is 11.6 Å². The maximum absolute atomic E-state index is 12.3. The Morgan fingerprint density at radius 2 is 2.14 bits per heavy atom. The summed E-state index contributed by atoms with van der Waals surface area (Å²) >= 11 is 9.42. The molecule has 0 bridgehead atoms. The maximum Gasteiger partial charge on any atom is 0.223 e. The van der Waals surface area contributed by atoms with E-state index in [1.807, 2.05) is 29.2 Å². The molecule has 2 aromatic rings. The lowest BCUT2D eigenvalue weighted by molar-refractivity contribution is -0.131. The zero-order valence-corrected chi connectivity index (χ0v) is 13.9. The van der Waals surface area contributed by atoms with E-state index in [9.17, 15) is 4.79 Å². The van der Waals surface area contributed by atoms with Gasteiger partial charge in [0.2, 0.25) is 5.91 Å². The minimum Gasteiger partial charge on any atom is -0.338 e. The molecule has 2 heterocycles. The second-order valence-corrected chi connectivity index (χ2v) is 7.91. The molecule has 5 heteroatoms. The zero-order chi connectivity index (χ0) is 14.7. The molecule has 0 spiro atoms. The fraction of sp³-hybridized carbons (Fsp3) is 0.312. The Labute approximate surface area is 138 Å². The number of fused-ring (bicyclic) bond motifs is 1. The van der Waals surface area contributed by atoms with Gasteiger partial charge in [0.1, 0.15) is 0 Å². The number of benzene rings is 1. The highest BCUT2D eigenvalue weighted by Gasteiger charge is 2.22. The molecular formula is C16H16ClNOS2. The van der Waals surface area contributed by atoms with Gasteiger partial charge in [-0.25, -0.2) is 0 Å². The van der Waals surface area contributed by atoms with Crippen molar-refractivity contribution >= 4 is 40.6 Å². The first-order valence-corrected chi connectivity index (χ1v) is 9.13. The third-order valence-corrected chi connectivity index (χ3v) is 5.90. The van der Waals surface area contributed by atoms with E-state index in [0.29, 0.717) is 13.0 Å². The summed E-state index contributed by atoms with van der Waals surface area (Å²) in [5.74, 6) is 1.07. The number of nitrogens with zero attached hydrogens (tertiary/aromatic N) is 1. The monoisotopic (exact) mass is 337 g/mol. The molecule has 110 valence electrons. The summed E-state index contributed by atoms with van der Waals surface area (Å²) in [5.41, 5.74) is 1.22. The van der Waals surface area contributed by atoms with Crippen LogP contribution in [0.4, 0.5) is 0 Å². The molecule has 0 saturated carbocycles. The number of thiophene rings is 1. The molecule has 0 unspecified atom stereocenters. The summed E-state index contributed by atoms with van der Waals surface area (Å²) in [6, 6.07) is 12.2. The van der Waals surface area contributed by atoms with Crippen molar-refractivity contribution in [3.63, 3.8) is 0 Å². The Bertz CT molecular complexity index is 626. The average Bonchev–Trinajstić information content (AvgIpc) is 2.87. The van der Waals surface area contributed by atoms with Crippen molar-refractivity contribution in [1.82, 2.24) is 4.90 Å². The van der Waals surface area contributed by atoms with Gasteiger partial charge in [0, 0.05) is 35.0 Å². The number of amides is 1. The molecular weight excluding hydrogens is 322 g/mol. The second-order valence-electron chi connectivity index (χ2n) is 4.98. The standard InChI is InChI=1S/C16H16ClNOS2/c17-15-10-12-11-18(8-6-14(12)21-15)16(19)7-9-20-13-4-2-1-3-5-13/h1-5,10H,6-9,11H2. The summed E-state index contributed by atoms with van der Waals surface area (Å²) < 4.78 is 0.828. The Balaban J connectivity index is 1.50. The third-order valence-electron chi connectivity index (χ3n) is 3.52. The maximum atomic E-state index is 12.3. The van der Waals surface area contributed by atoms with Crippen LogP contribution in [-0.2, 0) is 17.8 Å². The molecule has 21 heavy (non-hydrogen) atoms. The summed E-state index contributed by atoms with van der Waals surface area (Å²) in [6.07, 6.45) is 1.52. The Morgan fingerprint density at radius 3 is 2.95 bits per heavy atom. The lowest BCUT2D eigenvalue weighted by atomic mass is 10.1. The summed E-state index contributed by atoms with van der Waals surface area (Å²) in [4.78, 5) is 16.8. The molecule has 3 rings (SSSR count). The van der Waals surface area contributed by atoms with Crippen molar-refractivity contribution in [3.05, 3.63) is 51.2 Å². The molecule has 0 fully saturated rings. The topological polar surface area (TPSA) is 20.3 Å². The fourth-order valence-corrected chi connectivity index (χ4v) is 4.60. The zero-order valence-electron chi connectivity index (χ0n) is 11.5. The van der Waals surface area contributed by atoms with E-state index in [2.05, 4.69) is 12.1 Å². The Morgan fingerprint density at radius 1 is 1.33 bits per heavy atom. The van der Waals surface area contributed by atoms with Crippen LogP contribution in [-0.4, -0.2) is 23.1 Å². The van der Waals surface area contributed by atoms with E-state index in [1.165, 1.54) is 15.3 Å². The molecule has 0 saturated heterocycles. The van der Waals surface area contributed by atoms with Gasteiger partial charge in [0.25, 0.3) is 0 Å². The second kappa shape index (κ2) is 6.86. The van der Waals surface area contributed by atoms with Crippen LogP contribution in [0.2, 0.25) is 4.34 Å². The normalized spacial score (nSPS) is 14.0. The number of carbonyl (C=O) groups excluding carboxylic acids is 1. The first-order valence-electron chi connectivity index (χ1n) is 6.95. The van der Waals surface area contributed by atoms with Gasteiger partial charge in [0.15, 0.2) is 0 Å². The van der Waals surface area contributed by atoms with Crippen molar-refractivity contribution in [3.8, 4) is 0 Å². The minimum absolute atomic E-state index is 0.242. The van der Waals surface area contributed by atoms with Crippen molar-refractivity contribution in [2.75, 3.05) is 12.3 Å². The van der Waals surface area contributed by atoms with Gasteiger partial charge in [0.05, 0.1) is 4.34 Å². The molecule has 1 aliphatic rings. The predicted octanol–water partition coefficient (Wildman–Crippen LogP) is 4.47. The van der Waals surface area contributed by atoms with Gasteiger partial charge in [-0.15, -0.1) is 23.1 Å². The SMILES string of the molecule is O=C(CCSc1ccccc1)N1CCc2sc(Cl)cc2C1. The van der Waals surface area contributed by atoms with Gasteiger partial charge in [-0.1, -0.05) is 29.8 Å². The first-order chi connectivity index (χ1) is 10.2. The molecule has 1 aromatic carbocycles. The predicted molar refractivity (Wildman–Crippen MR) is 90.2 cm³/mol. The van der Waals surface area contributed by atoms with Gasteiger partial charge >= 0.3 is 0 Å². The number of halogens is 1. The van der Waals surface area contributed by atoms with E-state index in [-0.39, 0.29) is 5.91 Å². The van der Waals surface area contributed by atoms with Crippen LogP contribution in [0.3, 0.4) is 0 Å². The van der Waals surface area contributed by atoms with E-state index >= 15 is 0 Å². The Kier molecular flexibility index (Phi) is 4.88. The van der Waals surface area contributed by atoms with Crippen molar-refractivity contribution < 1.29 is 4.79 Å². The quantitative estimate of drug-likeness (QED) is 0.767. The van der Waals surface area contributed by atoms with E-state index in [0.717, 1.165) is 23.1 Å². The number of carbonyl (C=O) groups is 1. The van der Waals surface area contributed by atoms with Gasteiger partial charge in [-0.3, -0.25) is 4.79 Å². The lowest BCUT2D eigenvalue weighted by Gasteiger charge is -2.27. The van der Waals surface area contributed by atoms with Crippen molar-refractivity contribution in [2.24, 2.45) is 0 Å². The van der Waals surface area contributed by atoms with Crippen LogP contribution in [0.5, 0.6) is 0 Å². The Hall–Kier alpha value is -0.970. The minimum atomic E-state index is 0.242.